The maximum Gasteiger partial charge on any atom is 0.0661 e. The van der Waals surface area contributed by atoms with Crippen molar-refractivity contribution in [3.63, 3.8) is 0 Å². The van der Waals surface area contributed by atoms with Crippen molar-refractivity contribution in [1.29, 1.82) is 5.26 Å². The Morgan fingerprint density at radius 1 is 1.15 bits per heavy atom. The molecule has 0 aromatic rings. The molecule has 2 nitrogen and oxygen atoms in total. The van der Waals surface area contributed by atoms with Gasteiger partial charge < -0.3 is 5.11 Å². The van der Waals surface area contributed by atoms with Crippen molar-refractivity contribution >= 4 is 0 Å². The largest absolute Gasteiger partial charge is 0.390 e. The highest BCUT2D eigenvalue weighted by molar-refractivity contribution is 5.10. The number of nitrogens with zero attached hydrogens (tertiary/aromatic N) is 1. The van der Waals surface area contributed by atoms with E-state index < -0.39 is 0 Å². The number of hydrogen-bond donors (Lipinski definition) is 1. The van der Waals surface area contributed by atoms with Gasteiger partial charge in [0.2, 0.25) is 0 Å². The Morgan fingerprint density at radius 3 is 2.23 bits per heavy atom. The smallest absolute Gasteiger partial charge is 0.0661 e. The number of rotatable bonds is 0. The first-order valence-electron chi connectivity index (χ1n) is 5.32. The normalized spacial score (nSPS) is 57.8. The van der Waals surface area contributed by atoms with Gasteiger partial charge in [0, 0.05) is 0 Å². The van der Waals surface area contributed by atoms with E-state index in [0.717, 1.165) is 25.2 Å². The Balaban J connectivity index is 1.95. The maximum atomic E-state index is 10.2. The minimum atomic E-state index is -0.371. The van der Waals surface area contributed by atoms with Gasteiger partial charge in [-0.2, -0.15) is 5.26 Å². The highest BCUT2D eigenvalue weighted by Gasteiger charge is 2.54. The molecule has 4 aliphatic rings. The molecule has 2 unspecified atom stereocenters. The zero-order valence-corrected chi connectivity index (χ0v) is 7.74. The molecule has 4 saturated carbocycles. The van der Waals surface area contributed by atoms with E-state index in [1.165, 1.54) is 12.8 Å². The fraction of sp³-hybridized carbons (Fsp3) is 0.909. The van der Waals surface area contributed by atoms with Crippen molar-refractivity contribution in [3.8, 4) is 6.07 Å². The van der Waals surface area contributed by atoms with Crippen LogP contribution in [0.1, 0.15) is 32.1 Å². The Labute approximate surface area is 78.6 Å². The first-order chi connectivity index (χ1) is 6.20. The van der Waals surface area contributed by atoms with Crippen LogP contribution in [0, 0.1) is 35.0 Å². The minimum Gasteiger partial charge on any atom is -0.390 e. The lowest BCUT2D eigenvalue weighted by atomic mass is 9.50. The van der Waals surface area contributed by atoms with E-state index in [1.54, 1.807) is 0 Å². The molecule has 13 heavy (non-hydrogen) atoms. The van der Waals surface area contributed by atoms with Gasteiger partial charge in [-0.1, -0.05) is 0 Å². The van der Waals surface area contributed by atoms with Gasteiger partial charge in [-0.05, 0) is 49.9 Å². The summed E-state index contributed by atoms with van der Waals surface area (Å²) >= 11 is 0. The van der Waals surface area contributed by atoms with Crippen molar-refractivity contribution in [2.24, 2.45) is 23.7 Å². The molecule has 4 bridgehead atoms. The van der Waals surface area contributed by atoms with Gasteiger partial charge in [-0.25, -0.2) is 0 Å². The summed E-state index contributed by atoms with van der Waals surface area (Å²) in [5.74, 6) is 2.02. The van der Waals surface area contributed by atoms with Crippen LogP contribution in [-0.4, -0.2) is 10.7 Å². The minimum absolute atomic E-state index is 0.261. The van der Waals surface area contributed by atoms with Crippen LogP contribution >= 0.6 is 0 Å². The van der Waals surface area contributed by atoms with E-state index in [-0.39, 0.29) is 11.5 Å². The summed E-state index contributed by atoms with van der Waals surface area (Å²) in [6, 6.07) is 2.45. The van der Waals surface area contributed by atoms with E-state index in [1.807, 2.05) is 0 Å². The van der Waals surface area contributed by atoms with Crippen LogP contribution in [0.2, 0.25) is 0 Å². The summed E-state index contributed by atoms with van der Waals surface area (Å²) in [5, 5.41) is 19.3. The van der Waals surface area contributed by atoms with Crippen molar-refractivity contribution in [2.45, 2.75) is 37.7 Å². The molecule has 2 atom stereocenters. The predicted molar refractivity (Wildman–Crippen MR) is 47.6 cm³/mol. The summed E-state index contributed by atoms with van der Waals surface area (Å²) in [6.07, 6.45) is 5.22. The van der Waals surface area contributed by atoms with E-state index in [4.69, 9.17) is 5.26 Å². The molecule has 4 rings (SSSR count). The van der Waals surface area contributed by atoms with E-state index in [9.17, 15) is 5.11 Å². The van der Waals surface area contributed by atoms with Gasteiger partial charge in [0.15, 0.2) is 0 Å². The molecule has 2 heteroatoms. The third-order valence-electron chi connectivity index (χ3n) is 4.39. The van der Waals surface area contributed by atoms with Crippen molar-refractivity contribution in [1.82, 2.24) is 0 Å². The van der Waals surface area contributed by atoms with Crippen LogP contribution in [0.25, 0.3) is 0 Å². The number of nitriles is 1. The van der Waals surface area contributed by atoms with E-state index >= 15 is 0 Å². The van der Waals surface area contributed by atoms with Crippen molar-refractivity contribution in [2.75, 3.05) is 0 Å². The lowest BCUT2D eigenvalue weighted by Gasteiger charge is -2.56. The summed E-state index contributed by atoms with van der Waals surface area (Å²) in [7, 11) is 0. The molecule has 0 aromatic heterocycles. The van der Waals surface area contributed by atoms with Gasteiger partial charge in [0.25, 0.3) is 0 Å². The summed E-state index contributed by atoms with van der Waals surface area (Å²) in [4.78, 5) is 0. The van der Waals surface area contributed by atoms with Crippen molar-refractivity contribution in [3.05, 3.63) is 0 Å². The molecule has 0 radical (unpaired) electrons. The molecule has 0 saturated heterocycles. The third-order valence-corrected chi connectivity index (χ3v) is 4.39. The fourth-order valence-corrected chi connectivity index (χ4v) is 4.19. The second-order valence-electron chi connectivity index (χ2n) is 5.35. The highest BCUT2D eigenvalue weighted by Crippen LogP contribution is 2.57. The molecule has 0 spiro atoms. The standard InChI is InChI=1S/C11H15NO/c12-6-10-8-1-7-2-9(10)5-11(13,3-7)4-8/h7-10,13H,1-5H2. The van der Waals surface area contributed by atoms with Crippen LogP contribution in [-0.2, 0) is 0 Å². The van der Waals surface area contributed by atoms with E-state index in [2.05, 4.69) is 6.07 Å². The zero-order valence-electron chi connectivity index (χ0n) is 7.74. The van der Waals surface area contributed by atoms with Gasteiger partial charge in [-0.15, -0.1) is 0 Å². The quantitative estimate of drug-likeness (QED) is 0.612. The molecule has 0 aliphatic heterocycles. The third kappa shape index (κ3) is 0.971. The molecule has 0 aromatic carbocycles. The van der Waals surface area contributed by atoms with Crippen LogP contribution in [0.5, 0.6) is 0 Å². The molecule has 4 fully saturated rings. The second-order valence-corrected chi connectivity index (χ2v) is 5.35. The average Bonchev–Trinajstić information content (AvgIpc) is 2.00. The molecule has 70 valence electrons. The topological polar surface area (TPSA) is 44.0 Å². The Bertz CT molecular complexity index is 264. The molecule has 1 N–H and O–H groups in total. The molecular formula is C11H15NO. The lowest BCUT2D eigenvalue weighted by Crippen LogP contribution is -2.54. The number of hydrogen-bond acceptors (Lipinski definition) is 2. The summed E-state index contributed by atoms with van der Waals surface area (Å²) < 4.78 is 0. The first kappa shape index (κ1) is 7.82. The lowest BCUT2D eigenvalue weighted by molar-refractivity contribution is -0.140. The second kappa shape index (κ2) is 2.27. The SMILES string of the molecule is N#CC1C2CC3CC1CC(O)(C3)C2. The Kier molecular flexibility index (Phi) is 1.37. The summed E-state index contributed by atoms with van der Waals surface area (Å²) in [5.41, 5.74) is -0.371. The first-order valence-corrected chi connectivity index (χ1v) is 5.32. The maximum absolute atomic E-state index is 10.2. The van der Waals surface area contributed by atoms with Gasteiger partial charge >= 0.3 is 0 Å². The molecular weight excluding hydrogens is 162 g/mol. The number of aliphatic hydroxyl groups is 1. The van der Waals surface area contributed by atoms with Gasteiger partial charge in [-0.3, -0.25) is 0 Å². The van der Waals surface area contributed by atoms with Crippen LogP contribution in [0.4, 0.5) is 0 Å². The Hall–Kier alpha value is -0.550. The van der Waals surface area contributed by atoms with Gasteiger partial charge in [0.05, 0.1) is 17.6 Å². The van der Waals surface area contributed by atoms with Crippen molar-refractivity contribution < 1.29 is 5.11 Å². The fourth-order valence-electron chi connectivity index (χ4n) is 4.19. The van der Waals surface area contributed by atoms with Crippen LogP contribution < -0.4 is 0 Å². The molecule has 4 aliphatic carbocycles. The highest BCUT2D eigenvalue weighted by atomic mass is 16.3. The monoisotopic (exact) mass is 177 g/mol. The van der Waals surface area contributed by atoms with Crippen LogP contribution in [0.15, 0.2) is 0 Å². The Morgan fingerprint density at radius 2 is 1.77 bits per heavy atom. The molecule has 0 amide bonds. The summed E-state index contributed by atoms with van der Waals surface area (Å²) in [6.45, 7) is 0. The molecule has 0 heterocycles. The van der Waals surface area contributed by atoms with E-state index in [0.29, 0.717) is 11.8 Å². The van der Waals surface area contributed by atoms with Crippen LogP contribution in [0.3, 0.4) is 0 Å². The average molecular weight is 177 g/mol. The predicted octanol–water partition coefficient (Wildman–Crippen LogP) is 1.70. The van der Waals surface area contributed by atoms with Gasteiger partial charge in [0.1, 0.15) is 0 Å². The zero-order chi connectivity index (χ0) is 9.05.